The fourth-order valence-electron chi connectivity index (χ4n) is 8.69. The Bertz CT molecular complexity index is 1810. The monoisotopic (exact) mass is 1120 g/mol. The van der Waals surface area contributed by atoms with Gasteiger partial charge in [0, 0.05) is 19.3 Å². The minimum atomic E-state index is -0.816. The summed E-state index contributed by atoms with van der Waals surface area (Å²) < 4.78 is 16.9. The smallest absolute Gasteiger partial charge is 0.306 e. The Labute approximate surface area is 499 Å². The van der Waals surface area contributed by atoms with E-state index in [1.54, 1.807) is 0 Å². The molecule has 0 amide bonds. The molecule has 0 spiro atoms. The van der Waals surface area contributed by atoms with Gasteiger partial charge in [0.05, 0.1) is 0 Å². The van der Waals surface area contributed by atoms with Gasteiger partial charge in [-0.2, -0.15) is 0 Å². The summed E-state index contributed by atoms with van der Waals surface area (Å²) in [7, 11) is 0. The maximum atomic E-state index is 12.9. The maximum absolute atomic E-state index is 12.9. The zero-order valence-electron chi connectivity index (χ0n) is 52.2. The SMILES string of the molecule is CC/C=C\C/C=C\C/C=C\C/C=C\C/C=C\C/C=C\CCCCC(=O)OC(COC(=O)CCCCCCCCC/C=C\C/C=C\C/C=C\CC)COC(=O)CCCCCCCCCCCCCC/C=C\C/C=C\C/C=C\C/C=C\CC. The first kappa shape index (κ1) is 76.0. The largest absolute Gasteiger partial charge is 0.462 e. The van der Waals surface area contributed by atoms with Gasteiger partial charge in [-0.3, -0.25) is 14.4 Å². The standard InChI is InChI=1S/C75H120O6/c1-4-7-10-13-16-19-22-25-28-31-33-35-36-37-38-40-41-44-47-50-53-56-59-62-65-68-74(77)80-71-72(70-79-73(76)67-64-61-58-55-52-49-46-43-30-27-24-21-18-15-12-9-6-3)81-75(78)69-66-63-60-57-54-51-48-45-42-39-34-32-29-26-23-20-17-14-11-8-5-2/h7-12,16-21,25-30,33-35,39,45,48,54,57,72H,4-6,13-15,22-24,31-32,36-38,40-44,46-47,49-53,55-56,58-71H2,1-3H3/b10-7-,11-8-,12-9-,19-16-,20-17-,21-18-,28-25-,29-26-,30-27-,35-33-,39-34-,48-45-,57-54-. The van der Waals surface area contributed by atoms with Crippen LogP contribution in [0.25, 0.3) is 0 Å². The minimum absolute atomic E-state index is 0.106. The van der Waals surface area contributed by atoms with Crippen LogP contribution in [-0.4, -0.2) is 37.2 Å². The van der Waals surface area contributed by atoms with Crippen LogP contribution in [0.15, 0.2) is 158 Å². The number of esters is 3. The van der Waals surface area contributed by atoms with Crippen molar-refractivity contribution in [2.45, 2.75) is 284 Å². The molecule has 0 rings (SSSR count). The van der Waals surface area contributed by atoms with Crippen LogP contribution in [0.3, 0.4) is 0 Å². The Kier molecular flexibility index (Phi) is 63.4. The third-order valence-electron chi connectivity index (χ3n) is 13.5. The van der Waals surface area contributed by atoms with E-state index in [9.17, 15) is 14.4 Å². The van der Waals surface area contributed by atoms with Crippen LogP contribution in [0.4, 0.5) is 0 Å². The first-order chi connectivity index (χ1) is 40.0. The third-order valence-corrected chi connectivity index (χ3v) is 13.5. The number of carbonyl (C=O) groups is 3. The molecule has 456 valence electrons. The molecule has 6 heteroatoms. The summed E-state index contributed by atoms with van der Waals surface area (Å²) in [6, 6.07) is 0. The molecule has 0 heterocycles. The summed E-state index contributed by atoms with van der Waals surface area (Å²) >= 11 is 0. The average Bonchev–Trinajstić information content (AvgIpc) is 3.47. The second-order valence-corrected chi connectivity index (χ2v) is 21.2. The van der Waals surface area contributed by atoms with E-state index in [-0.39, 0.29) is 37.5 Å². The average molecular weight is 1120 g/mol. The van der Waals surface area contributed by atoms with Crippen molar-refractivity contribution in [1.29, 1.82) is 0 Å². The van der Waals surface area contributed by atoms with Gasteiger partial charge in [-0.15, -0.1) is 0 Å². The van der Waals surface area contributed by atoms with Crippen LogP contribution in [0.5, 0.6) is 0 Å². The van der Waals surface area contributed by atoms with Crippen molar-refractivity contribution >= 4 is 17.9 Å². The van der Waals surface area contributed by atoms with Gasteiger partial charge in [0.2, 0.25) is 0 Å². The molecule has 81 heavy (non-hydrogen) atoms. The van der Waals surface area contributed by atoms with Gasteiger partial charge in [-0.1, -0.05) is 275 Å². The van der Waals surface area contributed by atoms with Crippen molar-refractivity contribution in [1.82, 2.24) is 0 Å². The molecule has 0 N–H and O–H groups in total. The molecule has 0 saturated carbocycles. The van der Waals surface area contributed by atoms with Gasteiger partial charge in [0.15, 0.2) is 6.10 Å². The lowest BCUT2D eigenvalue weighted by Crippen LogP contribution is -2.30. The molecule has 6 nitrogen and oxygen atoms in total. The van der Waals surface area contributed by atoms with E-state index < -0.39 is 6.10 Å². The fourth-order valence-corrected chi connectivity index (χ4v) is 8.69. The number of hydrogen-bond donors (Lipinski definition) is 0. The van der Waals surface area contributed by atoms with Crippen LogP contribution in [0.1, 0.15) is 278 Å². The van der Waals surface area contributed by atoms with E-state index in [2.05, 4.69) is 179 Å². The van der Waals surface area contributed by atoms with Crippen molar-refractivity contribution in [2.75, 3.05) is 13.2 Å². The Morgan fingerprint density at radius 3 is 0.716 bits per heavy atom. The topological polar surface area (TPSA) is 78.9 Å². The van der Waals surface area contributed by atoms with E-state index in [0.29, 0.717) is 19.3 Å². The zero-order chi connectivity index (χ0) is 58.5. The summed E-state index contributed by atoms with van der Waals surface area (Å²) in [5.74, 6) is -0.961. The maximum Gasteiger partial charge on any atom is 0.306 e. The van der Waals surface area contributed by atoms with Crippen molar-refractivity contribution in [3.8, 4) is 0 Å². The van der Waals surface area contributed by atoms with Gasteiger partial charge in [-0.25, -0.2) is 0 Å². The van der Waals surface area contributed by atoms with Gasteiger partial charge < -0.3 is 14.2 Å². The van der Waals surface area contributed by atoms with E-state index in [0.717, 1.165) is 141 Å². The number of unbranched alkanes of at least 4 members (excludes halogenated alkanes) is 21. The van der Waals surface area contributed by atoms with Crippen molar-refractivity contribution in [2.24, 2.45) is 0 Å². The number of ether oxygens (including phenoxy) is 3. The molecule has 0 saturated heterocycles. The molecule has 0 aliphatic carbocycles. The molecule has 1 atom stereocenters. The number of rotatable bonds is 58. The van der Waals surface area contributed by atoms with Crippen molar-refractivity contribution in [3.05, 3.63) is 158 Å². The third kappa shape index (κ3) is 65.7. The summed E-state index contributed by atoms with van der Waals surface area (Å²) in [6.45, 7) is 6.27. The Balaban J connectivity index is 4.47. The van der Waals surface area contributed by atoms with Crippen LogP contribution in [0.2, 0.25) is 0 Å². The molecule has 0 aliphatic heterocycles. The highest BCUT2D eigenvalue weighted by molar-refractivity contribution is 5.71. The van der Waals surface area contributed by atoms with Gasteiger partial charge >= 0.3 is 17.9 Å². The molecule has 0 fully saturated rings. The van der Waals surface area contributed by atoms with E-state index in [1.165, 1.54) is 89.9 Å². The highest BCUT2D eigenvalue weighted by Crippen LogP contribution is 2.15. The Hall–Kier alpha value is -4.97. The molecular formula is C75H120O6. The first-order valence-electron chi connectivity index (χ1n) is 33.0. The van der Waals surface area contributed by atoms with Gasteiger partial charge in [-0.05, 0) is 141 Å². The van der Waals surface area contributed by atoms with Crippen LogP contribution in [-0.2, 0) is 28.6 Å². The predicted molar refractivity (Wildman–Crippen MR) is 352 cm³/mol. The highest BCUT2D eigenvalue weighted by atomic mass is 16.6. The Morgan fingerprint density at radius 2 is 0.444 bits per heavy atom. The summed E-state index contributed by atoms with van der Waals surface area (Å²) in [6.07, 6.45) is 98.2. The number of allylic oxidation sites excluding steroid dienone is 26. The van der Waals surface area contributed by atoms with Crippen molar-refractivity contribution in [3.63, 3.8) is 0 Å². The predicted octanol–water partition coefficient (Wildman–Crippen LogP) is 22.9. The molecule has 0 aromatic rings. The van der Waals surface area contributed by atoms with E-state index in [4.69, 9.17) is 14.2 Å². The molecule has 0 bridgehead atoms. The minimum Gasteiger partial charge on any atom is -0.462 e. The van der Waals surface area contributed by atoms with Crippen molar-refractivity contribution < 1.29 is 28.6 Å². The second-order valence-electron chi connectivity index (χ2n) is 21.2. The number of carbonyl (C=O) groups excluding carboxylic acids is 3. The normalized spacial score (nSPS) is 13.2. The summed E-state index contributed by atoms with van der Waals surface area (Å²) in [5.41, 5.74) is 0. The van der Waals surface area contributed by atoms with Crippen LogP contribution >= 0.6 is 0 Å². The van der Waals surface area contributed by atoms with Gasteiger partial charge in [0.25, 0.3) is 0 Å². The molecule has 0 radical (unpaired) electrons. The first-order valence-corrected chi connectivity index (χ1v) is 33.0. The highest BCUT2D eigenvalue weighted by Gasteiger charge is 2.19. The summed E-state index contributed by atoms with van der Waals surface area (Å²) in [4.78, 5) is 38.4. The van der Waals surface area contributed by atoms with E-state index >= 15 is 0 Å². The lowest BCUT2D eigenvalue weighted by molar-refractivity contribution is -0.167. The Morgan fingerprint density at radius 1 is 0.247 bits per heavy atom. The van der Waals surface area contributed by atoms with Crippen LogP contribution < -0.4 is 0 Å². The molecule has 0 aromatic heterocycles. The molecule has 0 aliphatic rings. The van der Waals surface area contributed by atoms with Crippen LogP contribution in [0, 0.1) is 0 Å². The fraction of sp³-hybridized carbons (Fsp3) is 0.613. The quantitative estimate of drug-likeness (QED) is 0.0261. The second kappa shape index (κ2) is 67.5. The molecular weight excluding hydrogens is 997 g/mol. The molecule has 0 aromatic carbocycles. The lowest BCUT2D eigenvalue weighted by atomic mass is 10.0. The van der Waals surface area contributed by atoms with Gasteiger partial charge in [0.1, 0.15) is 13.2 Å². The zero-order valence-corrected chi connectivity index (χ0v) is 52.2. The summed E-state index contributed by atoms with van der Waals surface area (Å²) in [5, 5.41) is 0. The number of hydrogen-bond acceptors (Lipinski definition) is 6. The lowest BCUT2D eigenvalue weighted by Gasteiger charge is -2.18. The molecule has 1 unspecified atom stereocenters. The van der Waals surface area contributed by atoms with E-state index in [1.807, 2.05) is 0 Å².